The van der Waals surface area contributed by atoms with Gasteiger partial charge in [-0.15, -0.1) is 11.3 Å². The highest BCUT2D eigenvalue weighted by Crippen LogP contribution is 2.32. The Balaban J connectivity index is 1.83. The number of nitrogens with two attached hydrogens (primary N) is 1. The first-order valence-electron chi connectivity index (χ1n) is 9.28. The molecule has 0 aliphatic carbocycles. The fraction of sp³-hybridized carbons (Fsp3) is 0.278. The highest BCUT2D eigenvalue weighted by Gasteiger charge is 2.39. The van der Waals surface area contributed by atoms with Crippen molar-refractivity contribution in [2.75, 3.05) is 12.8 Å². The van der Waals surface area contributed by atoms with Gasteiger partial charge in [-0.1, -0.05) is 11.2 Å². The smallest absolute Gasteiger partial charge is 0.534 e. The van der Waals surface area contributed by atoms with Crippen molar-refractivity contribution in [3.63, 3.8) is 0 Å². The van der Waals surface area contributed by atoms with Gasteiger partial charge in [0, 0.05) is 11.8 Å². The molecule has 0 bridgehead atoms. The van der Waals surface area contributed by atoms with Crippen LogP contribution in [0.1, 0.15) is 33.6 Å². The number of nitrogens with one attached hydrogen (secondary N) is 1. The van der Waals surface area contributed by atoms with Gasteiger partial charge >= 0.3 is 19.1 Å². The number of carboxylic acids is 1. The summed E-state index contributed by atoms with van der Waals surface area (Å²) >= 11 is 1.05. The molecule has 0 radical (unpaired) electrons. The number of fused-ring (bicyclic) bond motifs is 1. The van der Waals surface area contributed by atoms with Crippen LogP contribution < -0.4 is 15.7 Å². The van der Waals surface area contributed by atoms with Crippen molar-refractivity contribution in [1.29, 1.82) is 0 Å². The van der Waals surface area contributed by atoms with Crippen molar-refractivity contribution in [3.05, 3.63) is 39.9 Å². The lowest BCUT2D eigenvalue weighted by Crippen LogP contribution is -2.54. The van der Waals surface area contributed by atoms with E-state index >= 15 is 0 Å². The number of ether oxygens (including phenoxy) is 1. The van der Waals surface area contributed by atoms with E-state index in [1.54, 1.807) is 6.07 Å². The average Bonchev–Trinajstić information content (AvgIpc) is 3.18. The SMILES string of the molecule is COC(=O)CCc1cc2c(c(C(=O)O)c1)OB(O)[C@@H](NC(=O)/C(=N\O)c1csc(N)n1)C2. The number of carbonyl (C=O) groups excluding carboxylic acids is 2. The molecule has 1 atom stereocenters. The molecule has 1 aromatic carbocycles. The van der Waals surface area contributed by atoms with Crippen LogP contribution >= 0.6 is 11.3 Å². The zero-order chi connectivity index (χ0) is 23.4. The number of anilines is 1. The Labute approximate surface area is 185 Å². The van der Waals surface area contributed by atoms with Crippen LogP contribution in [-0.2, 0) is 27.2 Å². The maximum Gasteiger partial charge on any atom is 0.547 e. The molecule has 0 unspecified atom stereocenters. The molecule has 6 N–H and O–H groups in total. The minimum Gasteiger partial charge on any atom is -0.534 e. The molecule has 12 nitrogen and oxygen atoms in total. The maximum absolute atomic E-state index is 12.6. The van der Waals surface area contributed by atoms with E-state index < -0.39 is 36.6 Å². The zero-order valence-electron chi connectivity index (χ0n) is 16.8. The summed E-state index contributed by atoms with van der Waals surface area (Å²) in [6, 6.07) is 3.00. The van der Waals surface area contributed by atoms with E-state index in [-0.39, 0.29) is 41.4 Å². The molecule has 2 heterocycles. The van der Waals surface area contributed by atoms with Crippen LogP contribution in [0.25, 0.3) is 0 Å². The standard InChI is InChI=1S/C18H19BN4O8S/c1-30-13(24)3-2-8-4-9-6-12(19(28)31-15(9)10(5-8)17(26)27)22-16(25)14(23-29)11-7-32-18(20)21-11/h4-5,7,12,28-29H,2-3,6H2,1H3,(H2,20,21)(H,22,25)(H,26,27)/b23-14-/t12-/m0/s1. The number of carbonyl (C=O) groups is 3. The molecule has 0 saturated carbocycles. The van der Waals surface area contributed by atoms with Gasteiger partial charge in [0.15, 0.2) is 10.8 Å². The van der Waals surface area contributed by atoms with E-state index in [4.69, 9.17) is 10.4 Å². The lowest BCUT2D eigenvalue weighted by atomic mass is 9.72. The van der Waals surface area contributed by atoms with Gasteiger partial charge in [0.1, 0.15) is 17.0 Å². The number of rotatable bonds is 7. The maximum atomic E-state index is 12.6. The molecule has 1 aliphatic rings. The largest absolute Gasteiger partial charge is 0.547 e. The van der Waals surface area contributed by atoms with Crippen LogP contribution in [0, 0.1) is 0 Å². The number of hydrogen-bond donors (Lipinski definition) is 5. The Hall–Kier alpha value is -3.65. The number of methoxy groups -OCH3 is 1. The van der Waals surface area contributed by atoms with Gasteiger partial charge in [-0.2, -0.15) is 0 Å². The molecule has 32 heavy (non-hydrogen) atoms. The highest BCUT2D eigenvalue weighted by molar-refractivity contribution is 7.13. The second-order valence-electron chi connectivity index (χ2n) is 6.82. The minimum absolute atomic E-state index is 0.0203. The van der Waals surface area contributed by atoms with Crippen LogP contribution in [0.15, 0.2) is 22.7 Å². The van der Waals surface area contributed by atoms with Gasteiger partial charge in [0.05, 0.1) is 13.1 Å². The number of carboxylic acid groups (broad SMARTS) is 1. The summed E-state index contributed by atoms with van der Waals surface area (Å²) in [5, 5.41) is 36.2. The van der Waals surface area contributed by atoms with Crippen molar-refractivity contribution in [2.24, 2.45) is 5.16 Å². The van der Waals surface area contributed by atoms with Gasteiger partial charge in [-0.3, -0.25) is 9.59 Å². The third-order valence-electron chi connectivity index (χ3n) is 4.72. The number of benzene rings is 1. The van der Waals surface area contributed by atoms with E-state index in [0.717, 1.165) is 11.3 Å². The molecule has 14 heteroatoms. The first-order valence-corrected chi connectivity index (χ1v) is 10.2. The second kappa shape index (κ2) is 9.66. The van der Waals surface area contributed by atoms with Gasteiger partial charge in [-0.25, -0.2) is 9.78 Å². The van der Waals surface area contributed by atoms with Crippen LogP contribution in [0.2, 0.25) is 0 Å². The number of hydrogen-bond acceptors (Lipinski definition) is 11. The monoisotopic (exact) mass is 462 g/mol. The third-order valence-corrected chi connectivity index (χ3v) is 5.39. The third kappa shape index (κ3) is 4.98. The number of aryl methyl sites for hydroxylation is 1. The fourth-order valence-electron chi connectivity index (χ4n) is 3.21. The summed E-state index contributed by atoms with van der Waals surface area (Å²) in [6.07, 6.45) is 0.296. The molecule has 0 saturated heterocycles. The zero-order valence-corrected chi connectivity index (χ0v) is 17.6. The Morgan fingerprint density at radius 2 is 2.19 bits per heavy atom. The number of amides is 1. The van der Waals surface area contributed by atoms with Crippen LogP contribution in [-0.4, -0.2) is 64.0 Å². The molecule has 0 spiro atoms. The molecule has 0 fully saturated rings. The van der Waals surface area contributed by atoms with E-state index in [0.29, 0.717) is 11.1 Å². The number of nitrogen functional groups attached to an aromatic ring is 1. The fourth-order valence-corrected chi connectivity index (χ4v) is 3.75. The average molecular weight is 462 g/mol. The van der Waals surface area contributed by atoms with Gasteiger partial charge in [0.2, 0.25) is 0 Å². The summed E-state index contributed by atoms with van der Waals surface area (Å²) in [6.45, 7) is 0. The predicted molar refractivity (Wildman–Crippen MR) is 113 cm³/mol. The number of aromatic nitrogens is 1. The van der Waals surface area contributed by atoms with E-state index in [9.17, 15) is 29.7 Å². The van der Waals surface area contributed by atoms with Gasteiger partial charge in [-0.05, 0) is 30.0 Å². The van der Waals surface area contributed by atoms with Crippen LogP contribution in [0.5, 0.6) is 5.75 Å². The van der Waals surface area contributed by atoms with Crippen LogP contribution in [0.4, 0.5) is 5.13 Å². The van der Waals surface area contributed by atoms with E-state index in [1.165, 1.54) is 18.6 Å². The summed E-state index contributed by atoms with van der Waals surface area (Å²) < 4.78 is 10.00. The highest BCUT2D eigenvalue weighted by atomic mass is 32.1. The molecule has 1 amide bonds. The Morgan fingerprint density at radius 1 is 1.44 bits per heavy atom. The Bertz CT molecular complexity index is 1090. The molecule has 1 aliphatic heterocycles. The molecule has 168 valence electrons. The number of esters is 1. The van der Waals surface area contributed by atoms with Gasteiger partial charge in [0.25, 0.3) is 5.91 Å². The lowest BCUT2D eigenvalue weighted by Gasteiger charge is -2.29. The molecular weight excluding hydrogens is 443 g/mol. The lowest BCUT2D eigenvalue weighted by molar-refractivity contribution is -0.140. The van der Waals surface area contributed by atoms with Crippen molar-refractivity contribution in [3.8, 4) is 5.75 Å². The number of thiazole rings is 1. The summed E-state index contributed by atoms with van der Waals surface area (Å²) in [5.74, 6) is -3.57. The number of oxime groups is 1. The first-order chi connectivity index (χ1) is 15.2. The number of aromatic carboxylic acids is 1. The summed E-state index contributed by atoms with van der Waals surface area (Å²) in [7, 11) is -0.310. The van der Waals surface area contributed by atoms with Crippen molar-refractivity contribution in [2.45, 2.75) is 25.2 Å². The summed E-state index contributed by atoms with van der Waals surface area (Å²) in [4.78, 5) is 39.6. The Morgan fingerprint density at radius 3 is 2.78 bits per heavy atom. The Kier molecular flexibility index (Phi) is 6.95. The minimum atomic E-state index is -1.56. The predicted octanol–water partition coefficient (Wildman–Crippen LogP) is -0.153. The van der Waals surface area contributed by atoms with Crippen molar-refractivity contribution in [1.82, 2.24) is 10.3 Å². The summed E-state index contributed by atoms with van der Waals surface area (Å²) in [5.41, 5.74) is 5.97. The topological polar surface area (TPSA) is 194 Å². The van der Waals surface area contributed by atoms with Crippen LogP contribution in [0.3, 0.4) is 0 Å². The molecular formula is C18H19BN4O8S. The first kappa shape index (κ1) is 23.0. The molecule has 2 aromatic rings. The normalized spacial score (nSPS) is 15.5. The molecule has 1 aromatic heterocycles. The second-order valence-corrected chi connectivity index (χ2v) is 7.71. The van der Waals surface area contributed by atoms with Gasteiger partial charge < -0.3 is 35.8 Å². The molecule has 3 rings (SSSR count). The number of nitrogens with zero attached hydrogens (tertiary/aromatic N) is 2. The quantitative estimate of drug-likeness (QED) is 0.121. The van der Waals surface area contributed by atoms with Crippen molar-refractivity contribution < 1.29 is 39.1 Å². The van der Waals surface area contributed by atoms with E-state index in [2.05, 4.69) is 20.2 Å². The van der Waals surface area contributed by atoms with E-state index in [1.807, 2.05) is 0 Å². The van der Waals surface area contributed by atoms with Crippen molar-refractivity contribution >= 4 is 47.1 Å².